The van der Waals surface area contributed by atoms with Gasteiger partial charge in [0.1, 0.15) is 17.7 Å². The van der Waals surface area contributed by atoms with Crippen molar-refractivity contribution in [3.05, 3.63) is 48.0 Å². The lowest BCUT2D eigenvalue weighted by molar-refractivity contribution is -0.133. The summed E-state index contributed by atoms with van der Waals surface area (Å²) in [4.78, 5) is 36.5. The smallest absolute Gasteiger partial charge is 0.338 e. The molecule has 0 aliphatic heterocycles. The van der Waals surface area contributed by atoms with E-state index in [4.69, 9.17) is 4.74 Å². The van der Waals surface area contributed by atoms with Crippen LogP contribution in [0.3, 0.4) is 0 Å². The number of hydrogen-bond donors (Lipinski definition) is 0. The lowest BCUT2D eigenvalue weighted by Gasteiger charge is -2.32. The van der Waals surface area contributed by atoms with Gasteiger partial charge in [0, 0.05) is 6.42 Å². The number of ether oxygens (including phenoxy) is 1. The summed E-state index contributed by atoms with van der Waals surface area (Å²) in [5.41, 5.74) is 0.636. The highest BCUT2D eigenvalue weighted by molar-refractivity contribution is 5.90. The summed E-state index contributed by atoms with van der Waals surface area (Å²) >= 11 is 0. The third-order valence-electron chi connectivity index (χ3n) is 5.31. The minimum Gasteiger partial charge on any atom is -0.458 e. The molecule has 2 rings (SSSR count). The van der Waals surface area contributed by atoms with E-state index in [1.807, 2.05) is 13.0 Å². The van der Waals surface area contributed by atoms with Crippen LogP contribution in [0.4, 0.5) is 0 Å². The highest BCUT2D eigenvalue weighted by atomic mass is 16.5. The first-order valence-electron chi connectivity index (χ1n) is 8.68. The van der Waals surface area contributed by atoms with Gasteiger partial charge in [-0.1, -0.05) is 30.4 Å². The highest BCUT2D eigenvalue weighted by Gasteiger charge is 2.52. The molecule has 3 atom stereocenters. The normalized spacial score (nSPS) is 25.4. The summed E-state index contributed by atoms with van der Waals surface area (Å²) in [5, 5.41) is 0. The number of Topliss-reactive ketones (excluding diaryl/α,β-unsaturated/α-hetero) is 2. The molecule has 0 N–H and O–H groups in total. The van der Waals surface area contributed by atoms with E-state index in [0.717, 1.165) is 5.57 Å². The molecule has 1 aliphatic carbocycles. The predicted molar refractivity (Wildman–Crippen MR) is 96.2 cm³/mol. The average Bonchev–Trinajstić information content (AvgIpc) is 2.94. The lowest BCUT2D eigenvalue weighted by atomic mass is 9.75. The molecule has 0 heterocycles. The van der Waals surface area contributed by atoms with Crippen LogP contribution in [0.15, 0.2) is 42.5 Å². The van der Waals surface area contributed by atoms with Crippen molar-refractivity contribution in [2.75, 3.05) is 0 Å². The molecular weight excluding hydrogens is 316 g/mol. The Bertz CT molecular complexity index is 676. The summed E-state index contributed by atoms with van der Waals surface area (Å²) in [7, 11) is 0. The van der Waals surface area contributed by atoms with Gasteiger partial charge in [0.05, 0.1) is 11.0 Å². The van der Waals surface area contributed by atoms with E-state index in [1.165, 1.54) is 13.8 Å². The predicted octanol–water partition coefficient (Wildman–Crippen LogP) is 4.14. The van der Waals surface area contributed by atoms with Gasteiger partial charge in [-0.15, -0.1) is 0 Å². The monoisotopic (exact) mass is 342 g/mol. The quantitative estimate of drug-likeness (QED) is 0.552. The molecule has 0 aromatic heterocycles. The number of esters is 1. The van der Waals surface area contributed by atoms with Gasteiger partial charge in [-0.25, -0.2) is 4.79 Å². The van der Waals surface area contributed by atoms with Crippen LogP contribution in [0.1, 0.15) is 56.8 Å². The van der Waals surface area contributed by atoms with Gasteiger partial charge in [-0.2, -0.15) is 0 Å². The molecule has 1 aromatic rings. The Morgan fingerprint density at radius 1 is 1.16 bits per heavy atom. The highest BCUT2D eigenvalue weighted by Crippen LogP contribution is 2.50. The summed E-state index contributed by atoms with van der Waals surface area (Å²) < 4.78 is 5.78. The number of carbonyl (C=O) groups excluding carboxylic acids is 3. The fraction of sp³-hybridized carbons (Fsp3) is 0.476. The van der Waals surface area contributed by atoms with E-state index in [0.29, 0.717) is 31.2 Å². The molecule has 0 spiro atoms. The largest absolute Gasteiger partial charge is 0.458 e. The van der Waals surface area contributed by atoms with Crippen LogP contribution < -0.4 is 0 Å². The Hall–Kier alpha value is -2.23. The second kappa shape index (κ2) is 7.77. The topological polar surface area (TPSA) is 60.4 Å². The van der Waals surface area contributed by atoms with Crippen molar-refractivity contribution in [3.63, 3.8) is 0 Å². The molecule has 0 amide bonds. The van der Waals surface area contributed by atoms with E-state index >= 15 is 0 Å². The zero-order chi connectivity index (χ0) is 18.6. The molecule has 1 saturated carbocycles. The standard InChI is InChI=1S/C21H26O4/c1-14(2)18-12-19(25-20(24)17-8-6-5-7-9-17)21(13-18,16(4)23)11-10-15(3)22/h5-9,18-19H,1,10-13H2,2-4H3/t18-,19-,21+/m1/s1. The van der Waals surface area contributed by atoms with Crippen LogP contribution in [0, 0.1) is 11.3 Å². The molecule has 4 nitrogen and oxygen atoms in total. The number of rotatable bonds is 7. The van der Waals surface area contributed by atoms with Crippen molar-refractivity contribution in [1.82, 2.24) is 0 Å². The number of benzene rings is 1. The summed E-state index contributed by atoms with van der Waals surface area (Å²) in [6.45, 7) is 8.99. The van der Waals surface area contributed by atoms with E-state index in [2.05, 4.69) is 6.58 Å². The SMILES string of the molecule is C=C(C)[C@@H]1C[C@@H](OC(=O)c2ccccc2)[C@](CCC(C)=O)(C(C)=O)C1. The number of hydrogen-bond acceptors (Lipinski definition) is 4. The Morgan fingerprint density at radius 3 is 2.32 bits per heavy atom. The second-order valence-corrected chi connectivity index (χ2v) is 7.16. The van der Waals surface area contributed by atoms with Crippen molar-refractivity contribution >= 4 is 17.5 Å². The molecule has 4 heteroatoms. The first kappa shape index (κ1) is 19.1. The van der Waals surface area contributed by atoms with Crippen molar-refractivity contribution in [3.8, 4) is 0 Å². The van der Waals surface area contributed by atoms with E-state index in [1.54, 1.807) is 24.3 Å². The maximum absolute atomic E-state index is 12.5. The minimum absolute atomic E-state index is 0.0247. The molecule has 1 fully saturated rings. The van der Waals surface area contributed by atoms with Gasteiger partial charge >= 0.3 is 5.97 Å². The van der Waals surface area contributed by atoms with Crippen molar-refractivity contribution in [2.24, 2.45) is 11.3 Å². The van der Waals surface area contributed by atoms with E-state index in [9.17, 15) is 14.4 Å². The van der Waals surface area contributed by atoms with Crippen molar-refractivity contribution in [2.45, 2.75) is 52.6 Å². The summed E-state index contributed by atoms with van der Waals surface area (Å²) in [5.74, 6) is -0.304. The fourth-order valence-corrected chi connectivity index (χ4v) is 3.65. The summed E-state index contributed by atoms with van der Waals surface area (Å²) in [6, 6.07) is 8.76. The van der Waals surface area contributed by atoms with Crippen LogP contribution in [0.5, 0.6) is 0 Å². The molecule has 1 aromatic carbocycles. The first-order chi connectivity index (χ1) is 11.8. The number of ketones is 2. The molecule has 1 aliphatic rings. The maximum Gasteiger partial charge on any atom is 0.338 e. The first-order valence-corrected chi connectivity index (χ1v) is 8.68. The Kier molecular flexibility index (Phi) is 5.93. The molecule has 0 saturated heterocycles. The van der Waals surface area contributed by atoms with Crippen LogP contribution in [-0.2, 0) is 14.3 Å². The third-order valence-corrected chi connectivity index (χ3v) is 5.31. The van der Waals surface area contributed by atoms with Crippen molar-refractivity contribution in [1.29, 1.82) is 0 Å². The zero-order valence-electron chi connectivity index (χ0n) is 15.2. The zero-order valence-corrected chi connectivity index (χ0v) is 15.2. The molecule has 0 bridgehead atoms. The lowest BCUT2D eigenvalue weighted by Crippen LogP contribution is -2.40. The van der Waals surface area contributed by atoms with Crippen LogP contribution in [0.25, 0.3) is 0 Å². The molecule has 0 unspecified atom stereocenters. The van der Waals surface area contributed by atoms with Crippen LogP contribution in [-0.4, -0.2) is 23.6 Å². The molecule has 0 radical (unpaired) electrons. The molecular formula is C21H26O4. The Balaban J connectivity index is 2.29. The minimum atomic E-state index is -0.806. The molecule has 25 heavy (non-hydrogen) atoms. The average molecular weight is 342 g/mol. The second-order valence-electron chi connectivity index (χ2n) is 7.16. The Labute approximate surface area is 149 Å². The van der Waals surface area contributed by atoms with Gasteiger partial charge in [-0.05, 0) is 58.1 Å². The van der Waals surface area contributed by atoms with Gasteiger partial charge in [0.15, 0.2) is 0 Å². The van der Waals surface area contributed by atoms with Gasteiger partial charge in [-0.3, -0.25) is 4.79 Å². The van der Waals surface area contributed by atoms with Gasteiger partial charge < -0.3 is 9.53 Å². The van der Waals surface area contributed by atoms with Crippen molar-refractivity contribution < 1.29 is 19.1 Å². The summed E-state index contributed by atoms with van der Waals surface area (Å²) in [6.07, 6.45) is 1.35. The van der Waals surface area contributed by atoms with Gasteiger partial charge in [0.25, 0.3) is 0 Å². The fourth-order valence-electron chi connectivity index (χ4n) is 3.65. The Morgan fingerprint density at radius 2 is 1.80 bits per heavy atom. The number of allylic oxidation sites excluding steroid dienone is 1. The van der Waals surface area contributed by atoms with E-state index in [-0.39, 0.29) is 17.5 Å². The molecule has 134 valence electrons. The van der Waals surface area contributed by atoms with E-state index < -0.39 is 17.5 Å². The van der Waals surface area contributed by atoms with Crippen LogP contribution >= 0.6 is 0 Å². The third kappa shape index (κ3) is 4.25. The number of carbonyl (C=O) groups is 3. The van der Waals surface area contributed by atoms with Gasteiger partial charge in [0.2, 0.25) is 0 Å². The maximum atomic E-state index is 12.5. The van der Waals surface area contributed by atoms with Crippen LogP contribution in [0.2, 0.25) is 0 Å².